The fourth-order valence-electron chi connectivity index (χ4n) is 2.50. The van der Waals surface area contributed by atoms with Crippen LogP contribution in [0.1, 0.15) is 40.0 Å². The third kappa shape index (κ3) is 3.58. The van der Waals surface area contributed by atoms with Gasteiger partial charge in [0.25, 0.3) is 0 Å². The first kappa shape index (κ1) is 12.0. The van der Waals surface area contributed by atoms with Gasteiger partial charge in [0.1, 0.15) is 0 Å². The Morgan fingerprint density at radius 3 is 2.36 bits per heavy atom. The van der Waals surface area contributed by atoms with Crippen LogP contribution in [-0.4, -0.2) is 37.6 Å². The lowest BCUT2D eigenvalue weighted by molar-refractivity contribution is 0.172. The van der Waals surface area contributed by atoms with Crippen molar-refractivity contribution in [2.75, 3.05) is 20.6 Å². The average Bonchev–Trinajstić information content (AvgIpc) is 2.48. The molecule has 0 saturated heterocycles. The van der Waals surface area contributed by atoms with Crippen molar-refractivity contribution in [3.05, 3.63) is 0 Å². The Morgan fingerprint density at radius 2 is 1.93 bits per heavy atom. The zero-order valence-electron chi connectivity index (χ0n) is 10.4. The van der Waals surface area contributed by atoms with Crippen LogP contribution in [0.3, 0.4) is 0 Å². The molecule has 0 heterocycles. The molecule has 1 N–H and O–H groups in total. The molecule has 14 heavy (non-hydrogen) atoms. The van der Waals surface area contributed by atoms with E-state index >= 15 is 0 Å². The Balaban J connectivity index is 2.35. The predicted molar refractivity (Wildman–Crippen MR) is 62.6 cm³/mol. The van der Waals surface area contributed by atoms with Gasteiger partial charge in [-0.15, -0.1) is 0 Å². The van der Waals surface area contributed by atoms with Crippen molar-refractivity contribution in [1.29, 1.82) is 0 Å². The summed E-state index contributed by atoms with van der Waals surface area (Å²) < 4.78 is 0. The summed E-state index contributed by atoms with van der Waals surface area (Å²) in [6.45, 7) is 8.14. The van der Waals surface area contributed by atoms with Crippen molar-refractivity contribution in [2.24, 2.45) is 5.41 Å². The van der Waals surface area contributed by atoms with E-state index in [9.17, 15) is 0 Å². The molecule has 1 aliphatic carbocycles. The summed E-state index contributed by atoms with van der Waals surface area (Å²) in [4.78, 5) is 2.54. The van der Waals surface area contributed by atoms with Crippen LogP contribution in [0.5, 0.6) is 0 Å². The van der Waals surface area contributed by atoms with Crippen LogP contribution in [0.25, 0.3) is 0 Å². The highest BCUT2D eigenvalue weighted by Gasteiger charge is 2.28. The quantitative estimate of drug-likeness (QED) is 0.747. The fourth-order valence-corrected chi connectivity index (χ4v) is 2.50. The second-order valence-corrected chi connectivity index (χ2v) is 5.93. The fraction of sp³-hybridized carbons (Fsp3) is 1.00. The molecule has 0 amide bonds. The molecule has 0 aliphatic heterocycles. The van der Waals surface area contributed by atoms with E-state index in [0.29, 0.717) is 5.41 Å². The van der Waals surface area contributed by atoms with Crippen molar-refractivity contribution >= 4 is 0 Å². The van der Waals surface area contributed by atoms with Crippen LogP contribution in [0.15, 0.2) is 0 Å². The van der Waals surface area contributed by atoms with E-state index < -0.39 is 0 Å². The lowest BCUT2D eigenvalue weighted by Crippen LogP contribution is -2.37. The molecule has 0 aromatic heterocycles. The molecule has 0 aromatic rings. The van der Waals surface area contributed by atoms with Crippen LogP contribution in [0.2, 0.25) is 0 Å². The van der Waals surface area contributed by atoms with E-state index in [1.54, 1.807) is 0 Å². The van der Waals surface area contributed by atoms with Crippen LogP contribution in [0, 0.1) is 5.41 Å². The third-order valence-electron chi connectivity index (χ3n) is 3.16. The SMILES string of the molecule is CNC1CCC(N(C)CC(C)(C)C)C1. The molecule has 0 spiro atoms. The van der Waals surface area contributed by atoms with Crippen molar-refractivity contribution < 1.29 is 0 Å². The molecule has 84 valence electrons. The van der Waals surface area contributed by atoms with Gasteiger partial charge in [-0.05, 0) is 38.8 Å². The molecule has 2 atom stereocenters. The summed E-state index contributed by atoms with van der Waals surface area (Å²) in [7, 11) is 4.35. The summed E-state index contributed by atoms with van der Waals surface area (Å²) in [6, 6.07) is 1.55. The summed E-state index contributed by atoms with van der Waals surface area (Å²) in [5.41, 5.74) is 0.423. The Kier molecular flexibility index (Phi) is 3.96. The molecular weight excluding hydrogens is 172 g/mol. The zero-order chi connectivity index (χ0) is 10.8. The number of nitrogens with one attached hydrogen (secondary N) is 1. The minimum atomic E-state index is 0.423. The van der Waals surface area contributed by atoms with E-state index in [0.717, 1.165) is 12.1 Å². The lowest BCUT2D eigenvalue weighted by atomic mass is 9.95. The molecule has 2 heteroatoms. The van der Waals surface area contributed by atoms with Crippen LogP contribution in [-0.2, 0) is 0 Å². The minimum Gasteiger partial charge on any atom is -0.317 e. The first-order valence-corrected chi connectivity index (χ1v) is 5.80. The smallest absolute Gasteiger partial charge is 0.0108 e. The Morgan fingerprint density at radius 1 is 1.29 bits per heavy atom. The molecule has 1 saturated carbocycles. The highest BCUT2D eigenvalue weighted by Crippen LogP contribution is 2.25. The van der Waals surface area contributed by atoms with Crippen molar-refractivity contribution in [1.82, 2.24) is 10.2 Å². The molecule has 0 radical (unpaired) electrons. The third-order valence-corrected chi connectivity index (χ3v) is 3.16. The second-order valence-electron chi connectivity index (χ2n) is 5.93. The summed E-state index contributed by atoms with van der Waals surface area (Å²) in [5, 5.41) is 3.38. The Labute approximate surface area is 89.1 Å². The maximum Gasteiger partial charge on any atom is 0.0108 e. The van der Waals surface area contributed by atoms with Gasteiger partial charge in [-0.3, -0.25) is 0 Å². The van der Waals surface area contributed by atoms with E-state index in [1.807, 2.05) is 0 Å². The van der Waals surface area contributed by atoms with Gasteiger partial charge in [0.15, 0.2) is 0 Å². The first-order valence-electron chi connectivity index (χ1n) is 5.80. The van der Waals surface area contributed by atoms with E-state index in [1.165, 1.54) is 25.8 Å². The van der Waals surface area contributed by atoms with Gasteiger partial charge in [-0.1, -0.05) is 20.8 Å². The van der Waals surface area contributed by atoms with Gasteiger partial charge < -0.3 is 10.2 Å². The van der Waals surface area contributed by atoms with Gasteiger partial charge in [0.2, 0.25) is 0 Å². The second kappa shape index (κ2) is 4.63. The van der Waals surface area contributed by atoms with E-state index in [-0.39, 0.29) is 0 Å². The maximum absolute atomic E-state index is 3.38. The standard InChI is InChI=1S/C12H26N2/c1-12(2,3)9-14(5)11-7-6-10(8-11)13-4/h10-11,13H,6-9H2,1-5H3. The predicted octanol–water partition coefficient (Wildman–Crippen LogP) is 2.10. The topological polar surface area (TPSA) is 15.3 Å². The minimum absolute atomic E-state index is 0.423. The Hall–Kier alpha value is -0.0800. The van der Waals surface area contributed by atoms with Gasteiger partial charge in [-0.25, -0.2) is 0 Å². The number of rotatable bonds is 3. The Bertz CT molecular complexity index is 172. The zero-order valence-corrected chi connectivity index (χ0v) is 10.4. The molecule has 1 fully saturated rings. The number of hydrogen-bond donors (Lipinski definition) is 1. The van der Waals surface area contributed by atoms with Crippen molar-refractivity contribution in [2.45, 2.75) is 52.1 Å². The van der Waals surface area contributed by atoms with Crippen molar-refractivity contribution in [3.8, 4) is 0 Å². The highest BCUT2D eigenvalue weighted by atomic mass is 15.1. The van der Waals surface area contributed by atoms with E-state index in [2.05, 4.69) is 45.1 Å². The van der Waals surface area contributed by atoms with E-state index in [4.69, 9.17) is 0 Å². The van der Waals surface area contributed by atoms with Gasteiger partial charge in [-0.2, -0.15) is 0 Å². The summed E-state index contributed by atoms with van der Waals surface area (Å²) >= 11 is 0. The maximum atomic E-state index is 3.38. The summed E-state index contributed by atoms with van der Waals surface area (Å²) in [5.74, 6) is 0. The molecule has 1 rings (SSSR count). The summed E-state index contributed by atoms with van der Waals surface area (Å²) in [6.07, 6.45) is 4.02. The molecular formula is C12H26N2. The first-order chi connectivity index (χ1) is 6.42. The number of nitrogens with zero attached hydrogens (tertiary/aromatic N) is 1. The van der Waals surface area contributed by atoms with Gasteiger partial charge in [0, 0.05) is 18.6 Å². The average molecular weight is 198 g/mol. The number of hydrogen-bond acceptors (Lipinski definition) is 2. The van der Waals surface area contributed by atoms with Gasteiger partial charge in [0.05, 0.1) is 0 Å². The molecule has 0 bridgehead atoms. The molecule has 2 nitrogen and oxygen atoms in total. The monoisotopic (exact) mass is 198 g/mol. The van der Waals surface area contributed by atoms with Crippen LogP contribution < -0.4 is 5.32 Å². The molecule has 0 aromatic carbocycles. The molecule has 2 unspecified atom stereocenters. The van der Waals surface area contributed by atoms with Crippen molar-refractivity contribution in [3.63, 3.8) is 0 Å². The van der Waals surface area contributed by atoms with Crippen LogP contribution >= 0.6 is 0 Å². The lowest BCUT2D eigenvalue weighted by Gasteiger charge is -2.31. The highest BCUT2D eigenvalue weighted by molar-refractivity contribution is 4.86. The van der Waals surface area contributed by atoms with Crippen LogP contribution in [0.4, 0.5) is 0 Å². The molecule has 1 aliphatic rings. The normalized spacial score (nSPS) is 28.7. The van der Waals surface area contributed by atoms with Gasteiger partial charge >= 0.3 is 0 Å². The largest absolute Gasteiger partial charge is 0.317 e.